The molecule has 0 atom stereocenters. The summed E-state index contributed by atoms with van der Waals surface area (Å²) in [5.74, 6) is 0.352. The monoisotopic (exact) mass is 462 g/mol. The second kappa shape index (κ2) is 8.22. The molecule has 7 nitrogen and oxygen atoms in total. The lowest BCUT2D eigenvalue weighted by molar-refractivity contribution is 0.413. The topological polar surface area (TPSA) is 69.3 Å². The van der Waals surface area contributed by atoms with Gasteiger partial charge in [-0.15, -0.1) is 0 Å². The third-order valence-corrected chi connectivity index (χ3v) is 5.50. The van der Waals surface area contributed by atoms with Gasteiger partial charge in [0.05, 0.1) is 42.4 Å². The van der Waals surface area contributed by atoms with E-state index in [9.17, 15) is 4.39 Å². The van der Waals surface area contributed by atoms with Crippen LogP contribution in [0.1, 0.15) is 11.3 Å². The average Bonchev–Trinajstić information content (AvgIpc) is 3.41. The van der Waals surface area contributed by atoms with E-state index in [1.807, 2.05) is 42.8 Å². The maximum Gasteiger partial charge on any atom is 0.178 e. The number of halogens is 2. The fourth-order valence-corrected chi connectivity index (χ4v) is 3.91. The lowest BCUT2D eigenvalue weighted by Gasteiger charge is -2.13. The summed E-state index contributed by atoms with van der Waals surface area (Å²) in [6, 6.07) is 12.1. The molecular formula is C24H20ClFN6O. The van der Waals surface area contributed by atoms with E-state index in [4.69, 9.17) is 21.3 Å². The van der Waals surface area contributed by atoms with Crippen molar-refractivity contribution in [3.8, 4) is 22.7 Å². The Kier molecular flexibility index (Phi) is 5.22. The standard InChI is InChI=1S/C24H20ClFN6O/c1-14-4-5-16(26)8-18(14)20-12-32-24(29-20)19(10-23(25)30-32)28-17-6-7-21(22(9-17)33-3)31-11-15(2)27-13-31/h4-13,28H,1-3H3. The number of aromatic nitrogens is 5. The van der Waals surface area contributed by atoms with Crippen LogP contribution in [0.3, 0.4) is 0 Å². The number of hydrogen-bond donors (Lipinski definition) is 1. The highest BCUT2D eigenvalue weighted by Crippen LogP contribution is 2.32. The molecule has 0 aliphatic carbocycles. The van der Waals surface area contributed by atoms with Crippen molar-refractivity contribution in [3.05, 3.63) is 83.4 Å². The van der Waals surface area contributed by atoms with Crippen LogP contribution in [-0.2, 0) is 0 Å². The summed E-state index contributed by atoms with van der Waals surface area (Å²) in [7, 11) is 1.62. The molecule has 0 spiro atoms. The van der Waals surface area contributed by atoms with E-state index in [2.05, 4.69) is 15.4 Å². The molecule has 0 aliphatic heterocycles. The van der Waals surface area contributed by atoms with Crippen molar-refractivity contribution in [1.82, 2.24) is 24.1 Å². The molecule has 2 aromatic carbocycles. The number of rotatable bonds is 5. The summed E-state index contributed by atoms with van der Waals surface area (Å²) in [5.41, 5.74) is 5.99. The molecule has 33 heavy (non-hydrogen) atoms. The molecule has 5 aromatic rings. The normalized spacial score (nSPS) is 11.2. The van der Waals surface area contributed by atoms with Gasteiger partial charge in [0.2, 0.25) is 0 Å². The molecule has 3 heterocycles. The summed E-state index contributed by atoms with van der Waals surface area (Å²) in [6.07, 6.45) is 5.41. The van der Waals surface area contributed by atoms with Crippen LogP contribution in [-0.4, -0.2) is 31.3 Å². The lowest BCUT2D eigenvalue weighted by Crippen LogP contribution is -2.00. The molecule has 0 unspecified atom stereocenters. The van der Waals surface area contributed by atoms with Crippen molar-refractivity contribution in [2.45, 2.75) is 13.8 Å². The van der Waals surface area contributed by atoms with E-state index in [0.29, 0.717) is 33.5 Å². The van der Waals surface area contributed by atoms with E-state index in [-0.39, 0.29) is 5.82 Å². The van der Waals surface area contributed by atoms with E-state index in [0.717, 1.165) is 22.6 Å². The highest BCUT2D eigenvalue weighted by Gasteiger charge is 2.14. The first kappa shape index (κ1) is 21.0. The van der Waals surface area contributed by atoms with Crippen molar-refractivity contribution >= 4 is 28.6 Å². The summed E-state index contributed by atoms with van der Waals surface area (Å²) >= 11 is 6.27. The maximum atomic E-state index is 13.8. The minimum Gasteiger partial charge on any atom is -0.494 e. The zero-order valence-corrected chi connectivity index (χ0v) is 18.9. The molecule has 0 saturated carbocycles. The Hall–Kier alpha value is -3.91. The van der Waals surface area contributed by atoms with Gasteiger partial charge in [-0.3, -0.25) is 0 Å². The molecule has 3 aromatic heterocycles. The van der Waals surface area contributed by atoms with E-state index >= 15 is 0 Å². The van der Waals surface area contributed by atoms with E-state index in [1.165, 1.54) is 12.1 Å². The molecule has 9 heteroatoms. The van der Waals surface area contributed by atoms with Gasteiger partial charge in [-0.2, -0.15) is 5.10 Å². The molecule has 166 valence electrons. The molecule has 5 rings (SSSR count). The Morgan fingerprint density at radius 3 is 2.67 bits per heavy atom. The first-order chi connectivity index (χ1) is 15.9. The Balaban J connectivity index is 1.55. The number of nitrogens with one attached hydrogen (secondary N) is 1. The van der Waals surface area contributed by atoms with Crippen LogP contribution in [0.15, 0.2) is 61.2 Å². The zero-order chi connectivity index (χ0) is 23.1. The number of nitrogens with zero attached hydrogens (tertiary/aromatic N) is 5. The molecule has 1 N–H and O–H groups in total. The predicted molar refractivity (Wildman–Crippen MR) is 126 cm³/mol. The third kappa shape index (κ3) is 4.01. The highest BCUT2D eigenvalue weighted by atomic mass is 35.5. The number of fused-ring (bicyclic) bond motifs is 1. The molecular weight excluding hydrogens is 443 g/mol. The van der Waals surface area contributed by atoms with Gasteiger partial charge in [-0.25, -0.2) is 18.9 Å². The molecule has 0 aliphatic rings. The van der Waals surface area contributed by atoms with E-state index in [1.54, 1.807) is 36.3 Å². The second-order valence-electron chi connectivity index (χ2n) is 7.67. The largest absolute Gasteiger partial charge is 0.494 e. The number of methoxy groups -OCH3 is 1. The van der Waals surface area contributed by atoms with Crippen LogP contribution in [0, 0.1) is 19.7 Å². The van der Waals surface area contributed by atoms with Crippen molar-refractivity contribution in [2.75, 3.05) is 12.4 Å². The van der Waals surface area contributed by atoms with Crippen LogP contribution in [0.5, 0.6) is 5.75 Å². The smallest absolute Gasteiger partial charge is 0.178 e. The lowest BCUT2D eigenvalue weighted by atomic mass is 10.1. The fourth-order valence-electron chi connectivity index (χ4n) is 3.72. The van der Waals surface area contributed by atoms with Gasteiger partial charge in [0.25, 0.3) is 0 Å². The van der Waals surface area contributed by atoms with Crippen LogP contribution in [0.4, 0.5) is 15.8 Å². The maximum absolute atomic E-state index is 13.8. The zero-order valence-electron chi connectivity index (χ0n) is 18.2. The van der Waals surface area contributed by atoms with Gasteiger partial charge in [0, 0.05) is 29.6 Å². The Morgan fingerprint density at radius 2 is 1.91 bits per heavy atom. The van der Waals surface area contributed by atoms with E-state index < -0.39 is 0 Å². The van der Waals surface area contributed by atoms with Gasteiger partial charge in [0.1, 0.15) is 11.6 Å². The van der Waals surface area contributed by atoms with Gasteiger partial charge in [-0.1, -0.05) is 17.7 Å². The van der Waals surface area contributed by atoms with Crippen LogP contribution in [0.25, 0.3) is 22.6 Å². The quantitative estimate of drug-likeness (QED) is 0.360. The highest BCUT2D eigenvalue weighted by molar-refractivity contribution is 6.29. The summed E-state index contributed by atoms with van der Waals surface area (Å²) < 4.78 is 22.9. The Bertz CT molecular complexity index is 1490. The molecule has 0 saturated heterocycles. The van der Waals surface area contributed by atoms with Crippen molar-refractivity contribution in [1.29, 1.82) is 0 Å². The van der Waals surface area contributed by atoms with Gasteiger partial charge >= 0.3 is 0 Å². The number of benzene rings is 2. The number of hydrogen-bond acceptors (Lipinski definition) is 5. The van der Waals surface area contributed by atoms with Crippen molar-refractivity contribution in [2.24, 2.45) is 0 Å². The van der Waals surface area contributed by atoms with Crippen molar-refractivity contribution in [3.63, 3.8) is 0 Å². The van der Waals surface area contributed by atoms with Gasteiger partial charge in [0.15, 0.2) is 10.8 Å². The minimum absolute atomic E-state index is 0.294. The Morgan fingerprint density at radius 1 is 1.06 bits per heavy atom. The Labute approximate surface area is 194 Å². The van der Waals surface area contributed by atoms with Gasteiger partial charge in [-0.05, 0) is 43.7 Å². The summed E-state index contributed by atoms with van der Waals surface area (Å²) in [4.78, 5) is 8.98. The molecule has 0 amide bonds. The van der Waals surface area contributed by atoms with Crippen LogP contribution in [0.2, 0.25) is 5.15 Å². The number of imidazole rings is 2. The number of anilines is 2. The summed E-state index contributed by atoms with van der Waals surface area (Å²) in [5, 5.41) is 7.96. The molecule has 0 bridgehead atoms. The fraction of sp³-hybridized carbons (Fsp3) is 0.125. The molecule has 0 radical (unpaired) electrons. The predicted octanol–water partition coefficient (Wildman–Crippen LogP) is 5.74. The number of aryl methyl sites for hydroxylation is 2. The number of ether oxygens (including phenoxy) is 1. The van der Waals surface area contributed by atoms with Gasteiger partial charge < -0.3 is 14.6 Å². The second-order valence-corrected chi connectivity index (χ2v) is 8.06. The summed E-state index contributed by atoms with van der Waals surface area (Å²) in [6.45, 7) is 3.84. The third-order valence-electron chi connectivity index (χ3n) is 5.32. The van der Waals surface area contributed by atoms with Crippen LogP contribution < -0.4 is 10.1 Å². The first-order valence-corrected chi connectivity index (χ1v) is 10.6. The first-order valence-electron chi connectivity index (χ1n) is 10.2. The average molecular weight is 463 g/mol. The SMILES string of the molecule is COc1cc(Nc2cc(Cl)nn3cc(-c4cc(F)ccc4C)nc23)ccc1-n1cnc(C)c1. The van der Waals surface area contributed by atoms with Crippen molar-refractivity contribution < 1.29 is 9.13 Å². The minimum atomic E-state index is -0.322. The van der Waals surface area contributed by atoms with Crippen LogP contribution >= 0.6 is 11.6 Å². The molecule has 0 fully saturated rings.